The minimum atomic E-state index is 0.571. The molecule has 0 radical (unpaired) electrons. The number of thiazole rings is 1. The van der Waals surface area contributed by atoms with Crippen LogP contribution in [0.5, 0.6) is 11.5 Å². The third-order valence-corrected chi connectivity index (χ3v) is 3.28. The molecule has 0 bridgehead atoms. The smallest absolute Gasteiger partial charge is 0.161 e. The molecule has 1 aromatic heterocycles. The zero-order chi connectivity index (χ0) is 13.0. The van der Waals surface area contributed by atoms with Crippen molar-refractivity contribution in [3.63, 3.8) is 0 Å². The van der Waals surface area contributed by atoms with Crippen molar-refractivity contribution in [1.29, 1.82) is 5.26 Å². The van der Waals surface area contributed by atoms with Crippen LogP contribution in [0.4, 0.5) is 0 Å². The van der Waals surface area contributed by atoms with Crippen molar-refractivity contribution in [1.82, 2.24) is 4.98 Å². The average molecular weight is 260 g/mol. The second-order valence-electron chi connectivity index (χ2n) is 3.44. The number of hydrogen-bond donors (Lipinski definition) is 0. The minimum absolute atomic E-state index is 0.571. The number of ether oxygens (including phenoxy) is 2. The first kappa shape index (κ1) is 12.4. The van der Waals surface area contributed by atoms with Crippen molar-refractivity contribution in [3.05, 3.63) is 29.3 Å². The van der Waals surface area contributed by atoms with Gasteiger partial charge in [-0.15, -0.1) is 11.3 Å². The van der Waals surface area contributed by atoms with E-state index in [1.54, 1.807) is 13.3 Å². The highest BCUT2D eigenvalue weighted by molar-refractivity contribution is 7.15. The number of aromatic nitrogens is 1. The summed E-state index contributed by atoms with van der Waals surface area (Å²) in [6.07, 6.45) is 1.57. The van der Waals surface area contributed by atoms with Crippen LogP contribution in [0, 0.1) is 11.3 Å². The van der Waals surface area contributed by atoms with E-state index in [2.05, 4.69) is 11.1 Å². The third-order valence-electron chi connectivity index (χ3n) is 2.33. The van der Waals surface area contributed by atoms with Gasteiger partial charge in [0.25, 0.3) is 0 Å². The molecule has 5 heteroatoms. The molecule has 0 saturated heterocycles. The van der Waals surface area contributed by atoms with Crippen LogP contribution in [0.1, 0.15) is 11.8 Å². The van der Waals surface area contributed by atoms with E-state index in [9.17, 15) is 0 Å². The predicted octanol–water partition coefficient (Wildman–Crippen LogP) is 3.09. The van der Waals surface area contributed by atoms with Gasteiger partial charge in [-0.2, -0.15) is 5.26 Å². The number of hydrogen-bond acceptors (Lipinski definition) is 5. The Morgan fingerprint density at radius 3 is 2.83 bits per heavy atom. The van der Waals surface area contributed by atoms with E-state index in [0.29, 0.717) is 23.0 Å². The Kier molecular flexibility index (Phi) is 3.80. The molecule has 0 amide bonds. The minimum Gasteiger partial charge on any atom is -0.493 e. The maximum atomic E-state index is 8.79. The first-order valence-electron chi connectivity index (χ1n) is 5.45. The van der Waals surface area contributed by atoms with Crippen molar-refractivity contribution >= 4 is 11.3 Å². The lowest BCUT2D eigenvalue weighted by Gasteiger charge is -2.09. The van der Waals surface area contributed by atoms with Crippen LogP contribution in [0.15, 0.2) is 24.4 Å². The quantitative estimate of drug-likeness (QED) is 0.847. The summed E-state index contributed by atoms with van der Waals surface area (Å²) >= 11 is 1.36. The van der Waals surface area contributed by atoms with Crippen LogP contribution in [0.3, 0.4) is 0 Å². The highest BCUT2D eigenvalue weighted by Gasteiger charge is 2.09. The Hall–Kier alpha value is -2.06. The van der Waals surface area contributed by atoms with Gasteiger partial charge in [0, 0.05) is 5.56 Å². The second-order valence-corrected chi connectivity index (χ2v) is 4.47. The van der Waals surface area contributed by atoms with E-state index >= 15 is 0 Å². The van der Waals surface area contributed by atoms with Crippen LogP contribution < -0.4 is 9.47 Å². The van der Waals surface area contributed by atoms with Gasteiger partial charge in [0.1, 0.15) is 16.0 Å². The highest BCUT2D eigenvalue weighted by atomic mass is 32.1. The molecule has 1 aromatic carbocycles. The molecule has 2 rings (SSSR count). The molecule has 92 valence electrons. The highest BCUT2D eigenvalue weighted by Crippen LogP contribution is 2.34. The largest absolute Gasteiger partial charge is 0.493 e. The predicted molar refractivity (Wildman–Crippen MR) is 70.0 cm³/mol. The fourth-order valence-corrected chi connectivity index (χ4v) is 2.25. The maximum absolute atomic E-state index is 8.79. The summed E-state index contributed by atoms with van der Waals surface area (Å²) in [5.41, 5.74) is 0.922. The van der Waals surface area contributed by atoms with Crippen molar-refractivity contribution in [2.24, 2.45) is 0 Å². The van der Waals surface area contributed by atoms with E-state index in [-0.39, 0.29) is 0 Å². The third kappa shape index (κ3) is 2.44. The molecule has 18 heavy (non-hydrogen) atoms. The van der Waals surface area contributed by atoms with Crippen LogP contribution >= 0.6 is 11.3 Å². The van der Waals surface area contributed by atoms with Gasteiger partial charge >= 0.3 is 0 Å². The van der Waals surface area contributed by atoms with E-state index in [1.165, 1.54) is 11.3 Å². The molecule has 0 aliphatic rings. The first-order chi connectivity index (χ1) is 8.78. The van der Waals surface area contributed by atoms with Crippen LogP contribution in [-0.2, 0) is 0 Å². The summed E-state index contributed by atoms with van der Waals surface area (Å²) in [7, 11) is 1.61. The molecule has 0 saturated carbocycles. The van der Waals surface area contributed by atoms with Gasteiger partial charge in [-0.05, 0) is 25.1 Å². The molecule has 1 heterocycles. The number of nitrogens with zero attached hydrogens (tertiary/aromatic N) is 2. The Morgan fingerprint density at radius 1 is 1.39 bits per heavy atom. The summed E-state index contributed by atoms with van der Waals surface area (Å²) in [6.45, 7) is 2.49. The van der Waals surface area contributed by atoms with Gasteiger partial charge in [0.05, 0.1) is 19.9 Å². The lowest BCUT2D eigenvalue weighted by atomic mass is 10.2. The van der Waals surface area contributed by atoms with Crippen LogP contribution in [0.2, 0.25) is 0 Å². The molecule has 0 unspecified atom stereocenters. The molecule has 0 aliphatic heterocycles. The molecule has 0 fully saturated rings. The van der Waals surface area contributed by atoms with Crippen molar-refractivity contribution in [3.8, 4) is 28.1 Å². The SMILES string of the molecule is CCOc1cc(-c2ncc(C#N)s2)ccc1OC. The number of benzene rings is 1. The van der Waals surface area contributed by atoms with Gasteiger partial charge < -0.3 is 9.47 Å². The fraction of sp³-hybridized carbons (Fsp3) is 0.231. The number of rotatable bonds is 4. The molecular formula is C13H12N2O2S. The maximum Gasteiger partial charge on any atom is 0.161 e. The topological polar surface area (TPSA) is 55.1 Å². The van der Waals surface area contributed by atoms with Crippen molar-refractivity contribution in [2.75, 3.05) is 13.7 Å². The van der Waals surface area contributed by atoms with Gasteiger partial charge in [0.15, 0.2) is 11.5 Å². The molecule has 0 atom stereocenters. The van der Waals surface area contributed by atoms with E-state index in [0.717, 1.165) is 10.6 Å². The number of nitriles is 1. The lowest BCUT2D eigenvalue weighted by molar-refractivity contribution is 0.311. The second kappa shape index (κ2) is 5.52. The molecule has 4 nitrogen and oxygen atoms in total. The van der Waals surface area contributed by atoms with Crippen LogP contribution in [0.25, 0.3) is 10.6 Å². The van der Waals surface area contributed by atoms with Crippen molar-refractivity contribution < 1.29 is 9.47 Å². The van der Waals surface area contributed by atoms with Gasteiger partial charge in [-0.1, -0.05) is 0 Å². The van der Waals surface area contributed by atoms with E-state index in [4.69, 9.17) is 14.7 Å². The van der Waals surface area contributed by atoms with Gasteiger partial charge in [-0.25, -0.2) is 4.98 Å². The van der Waals surface area contributed by atoms with Gasteiger partial charge in [0.2, 0.25) is 0 Å². The molecular weight excluding hydrogens is 248 g/mol. The monoisotopic (exact) mass is 260 g/mol. The standard InChI is InChI=1S/C13H12N2O2S/c1-3-17-12-6-9(4-5-11(12)16-2)13-15-8-10(7-14)18-13/h4-6,8H,3H2,1-2H3. The Morgan fingerprint density at radius 2 is 2.22 bits per heavy atom. The lowest BCUT2D eigenvalue weighted by Crippen LogP contribution is -1.95. The summed E-state index contributed by atoms with van der Waals surface area (Å²) < 4.78 is 10.7. The summed E-state index contributed by atoms with van der Waals surface area (Å²) in [5, 5.41) is 9.60. The van der Waals surface area contributed by atoms with E-state index < -0.39 is 0 Å². The zero-order valence-corrected chi connectivity index (χ0v) is 11.0. The normalized spacial score (nSPS) is 9.83. The first-order valence-corrected chi connectivity index (χ1v) is 6.27. The summed E-state index contributed by atoms with van der Waals surface area (Å²) in [5.74, 6) is 1.38. The summed E-state index contributed by atoms with van der Waals surface area (Å²) in [6, 6.07) is 7.70. The zero-order valence-electron chi connectivity index (χ0n) is 10.1. The average Bonchev–Trinajstić information content (AvgIpc) is 2.88. The Balaban J connectivity index is 2.40. The molecule has 2 aromatic rings. The van der Waals surface area contributed by atoms with E-state index in [1.807, 2.05) is 25.1 Å². The summed E-state index contributed by atoms with van der Waals surface area (Å²) in [4.78, 5) is 4.81. The van der Waals surface area contributed by atoms with Gasteiger partial charge in [-0.3, -0.25) is 0 Å². The van der Waals surface area contributed by atoms with Crippen LogP contribution in [-0.4, -0.2) is 18.7 Å². The number of methoxy groups -OCH3 is 1. The molecule has 0 N–H and O–H groups in total. The molecule has 0 spiro atoms. The Labute approximate surface area is 109 Å². The Bertz CT molecular complexity index is 587. The van der Waals surface area contributed by atoms with Crippen molar-refractivity contribution in [2.45, 2.75) is 6.92 Å². The molecule has 0 aliphatic carbocycles. The fourth-order valence-electron chi connectivity index (χ4n) is 1.54.